The highest BCUT2D eigenvalue weighted by atomic mass is 15.4. The minimum Gasteiger partial charge on any atom is -0.254 e. The average molecular weight is 427 g/mol. The molecule has 2 heterocycles. The van der Waals surface area contributed by atoms with Crippen LogP contribution >= 0.6 is 0 Å². The van der Waals surface area contributed by atoms with Gasteiger partial charge in [-0.05, 0) is 60.8 Å². The summed E-state index contributed by atoms with van der Waals surface area (Å²) >= 11 is 0. The van der Waals surface area contributed by atoms with Crippen molar-refractivity contribution >= 4 is 0 Å². The molecule has 2 aliphatic heterocycles. The van der Waals surface area contributed by atoms with Crippen LogP contribution in [0.1, 0.15) is 60.0 Å². The zero-order valence-electron chi connectivity index (χ0n) is 18.6. The van der Waals surface area contributed by atoms with E-state index in [1.54, 1.807) is 0 Å². The molecule has 2 saturated heterocycles. The van der Waals surface area contributed by atoms with Crippen molar-refractivity contribution in [1.29, 1.82) is 0 Å². The fourth-order valence-corrected chi connectivity index (χ4v) is 4.99. The molecule has 0 aliphatic carbocycles. The van der Waals surface area contributed by atoms with Gasteiger partial charge in [-0.15, -0.1) is 0 Å². The zero-order valence-corrected chi connectivity index (χ0v) is 18.6. The third kappa shape index (κ3) is 5.45. The van der Waals surface area contributed by atoms with Crippen LogP contribution in [0.25, 0.3) is 0 Å². The van der Waals surface area contributed by atoms with Gasteiger partial charge >= 0.3 is 0 Å². The van der Waals surface area contributed by atoms with Crippen molar-refractivity contribution in [3.63, 3.8) is 0 Å². The van der Waals surface area contributed by atoms with Gasteiger partial charge in [0, 0.05) is 24.2 Å². The molecule has 4 N–H and O–H groups in total. The summed E-state index contributed by atoms with van der Waals surface area (Å²) in [5, 5.41) is 0. The fraction of sp³-hybridized carbons (Fsp3) is 0.357. The van der Waals surface area contributed by atoms with Crippen molar-refractivity contribution in [3.05, 3.63) is 107 Å². The highest BCUT2D eigenvalue weighted by Crippen LogP contribution is 2.25. The van der Waals surface area contributed by atoms with Crippen LogP contribution in [0.5, 0.6) is 0 Å². The topological polar surface area (TPSA) is 48.1 Å². The Hall–Kier alpha value is -2.50. The molecule has 3 aromatic carbocycles. The molecule has 32 heavy (non-hydrogen) atoms. The van der Waals surface area contributed by atoms with Gasteiger partial charge in [0.25, 0.3) is 0 Å². The van der Waals surface area contributed by atoms with Crippen LogP contribution in [0.3, 0.4) is 0 Å². The van der Waals surface area contributed by atoms with Crippen molar-refractivity contribution in [2.45, 2.75) is 62.7 Å². The van der Waals surface area contributed by atoms with Gasteiger partial charge in [0.05, 0.1) is 0 Å². The van der Waals surface area contributed by atoms with Gasteiger partial charge in [-0.1, -0.05) is 84.9 Å². The number of aryl methyl sites for hydroxylation is 2. The lowest BCUT2D eigenvalue weighted by molar-refractivity contribution is 0.515. The second-order valence-electron chi connectivity index (χ2n) is 9.26. The van der Waals surface area contributed by atoms with E-state index in [9.17, 15) is 0 Å². The first-order chi connectivity index (χ1) is 15.8. The Balaban J connectivity index is 1.04. The normalized spacial score (nSPS) is 25.2. The van der Waals surface area contributed by atoms with Crippen molar-refractivity contribution in [2.24, 2.45) is 0 Å². The van der Waals surface area contributed by atoms with Crippen molar-refractivity contribution in [2.75, 3.05) is 0 Å². The second kappa shape index (κ2) is 10.4. The first-order valence-corrected chi connectivity index (χ1v) is 12.0. The quantitative estimate of drug-likeness (QED) is 0.419. The standard InChI is InChI=1S/C28H34N4/c1-3-7-23(8-4-1)27-19-25(29-31-27)17-15-21-11-13-22(14-12-21)16-18-26-20-28(32-30-26)24-9-5-2-6-10-24/h1-14,25-32H,15-20H2. The maximum atomic E-state index is 3.49. The molecule has 3 aromatic rings. The molecule has 2 fully saturated rings. The molecule has 0 saturated carbocycles. The second-order valence-corrected chi connectivity index (χ2v) is 9.26. The lowest BCUT2D eigenvalue weighted by Gasteiger charge is -2.11. The van der Waals surface area contributed by atoms with Gasteiger partial charge < -0.3 is 0 Å². The zero-order chi connectivity index (χ0) is 21.6. The van der Waals surface area contributed by atoms with Crippen LogP contribution in [0, 0.1) is 0 Å². The van der Waals surface area contributed by atoms with E-state index >= 15 is 0 Å². The number of rotatable bonds is 8. The molecule has 5 rings (SSSR count). The van der Waals surface area contributed by atoms with Gasteiger partial charge in [-0.3, -0.25) is 21.7 Å². The van der Waals surface area contributed by atoms with Crippen LogP contribution in [-0.2, 0) is 12.8 Å². The Morgan fingerprint density at radius 2 is 0.906 bits per heavy atom. The number of hydrogen-bond donors (Lipinski definition) is 4. The molecule has 4 atom stereocenters. The molecule has 0 amide bonds. The van der Waals surface area contributed by atoms with Gasteiger partial charge in [0.1, 0.15) is 0 Å². The van der Waals surface area contributed by atoms with E-state index in [0.717, 1.165) is 38.5 Å². The summed E-state index contributed by atoms with van der Waals surface area (Å²) in [5.41, 5.74) is 19.5. The molecule has 2 aliphatic rings. The lowest BCUT2D eigenvalue weighted by Crippen LogP contribution is -2.31. The summed E-state index contributed by atoms with van der Waals surface area (Å²) in [6, 6.07) is 32.6. The van der Waals surface area contributed by atoms with Crippen LogP contribution < -0.4 is 21.7 Å². The highest BCUT2D eigenvalue weighted by Gasteiger charge is 2.25. The van der Waals surface area contributed by atoms with Crippen LogP contribution in [0.4, 0.5) is 0 Å². The largest absolute Gasteiger partial charge is 0.254 e. The summed E-state index contributed by atoms with van der Waals surface area (Å²) < 4.78 is 0. The molecular formula is C28H34N4. The Kier molecular flexibility index (Phi) is 6.95. The first-order valence-electron chi connectivity index (χ1n) is 12.0. The molecule has 0 spiro atoms. The first kappa shape index (κ1) is 21.4. The average Bonchev–Trinajstić information content (AvgIpc) is 3.53. The van der Waals surface area contributed by atoms with E-state index in [2.05, 4.69) is 107 Å². The summed E-state index contributed by atoms with van der Waals surface area (Å²) in [6.45, 7) is 0. The smallest absolute Gasteiger partial charge is 0.0477 e. The summed E-state index contributed by atoms with van der Waals surface area (Å²) in [7, 11) is 0. The molecule has 0 aromatic heterocycles. The number of hydrazine groups is 2. The van der Waals surface area contributed by atoms with E-state index in [1.165, 1.54) is 22.3 Å². The third-order valence-corrected chi connectivity index (χ3v) is 6.95. The molecule has 0 radical (unpaired) electrons. The molecule has 4 unspecified atom stereocenters. The van der Waals surface area contributed by atoms with Crippen LogP contribution in [-0.4, -0.2) is 12.1 Å². The van der Waals surface area contributed by atoms with Crippen molar-refractivity contribution in [3.8, 4) is 0 Å². The Morgan fingerprint density at radius 3 is 1.31 bits per heavy atom. The van der Waals surface area contributed by atoms with Crippen molar-refractivity contribution in [1.82, 2.24) is 21.7 Å². The summed E-state index contributed by atoms with van der Waals surface area (Å²) in [6.07, 6.45) is 6.85. The predicted octanol–water partition coefficient (Wildman–Crippen LogP) is 4.77. The molecule has 4 heteroatoms. The Bertz CT molecular complexity index is 877. The number of hydrogen-bond acceptors (Lipinski definition) is 4. The predicted molar refractivity (Wildman–Crippen MR) is 131 cm³/mol. The maximum absolute atomic E-state index is 3.49. The highest BCUT2D eigenvalue weighted by molar-refractivity contribution is 5.24. The molecular weight excluding hydrogens is 392 g/mol. The van der Waals surface area contributed by atoms with E-state index in [0.29, 0.717) is 24.2 Å². The third-order valence-electron chi connectivity index (χ3n) is 6.95. The van der Waals surface area contributed by atoms with E-state index < -0.39 is 0 Å². The monoisotopic (exact) mass is 426 g/mol. The molecule has 0 bridgehead atoms. The van der Waals surface area contributed by atoms with Crippen molar-refractivity contribution < 1.29 is 0 Å². The molecule has 166 valence electrons. The van der Waals surface area contributed by atoms with Gasteiger partial charge in [0.15, 0.2) is 0 Å². The van der Waals surface area contributed by atoms with E-state index in [4.69, 9.17) is 0 Å². The fourth-order valence-electron chi connectivity index (χ4n) is 4.99. The Morgan fingerprint density at radius 1 is 0.500 bits per heavy atom. The summed E-state index contributed by atoms with van der Waals surface area (Å²) in [4.78, 5) is 0. The van der Waals surface area contributed by atoms with Crippen LogP contribution in [0.2, 0.25) is 0 Å². The lowest BCUT2D eigenvalue weighted by atomic mass is 9.96. The van der Waals surface area contributed by atoms with E-state index in [1.807, 2.05) is 0 Å². The summed E-state index contributed by atoms with van der Waals surface area (Å²) in [5.74, 6) is 0. The SMILES string of the molecule is c1ccc(C2CC(CCc3ccc(CCC4CC(c5ccccc5)NN4)cc3)NN2)cc1. The minimum absolute atomic E-state index is 0.420. The van der Waals surface area contributed by atoms with Gasteiger partial charge in [-0.25, -0.2) is 0 Å². The van der Waals surface area contributed by atoms with E-state index in [-0.39, 0.29) is 0 Å². The maximum Gasteiger partial charge on any atom is 0.0477 e. The minimum atomic E-state index is 0.420. The molecule has 4 nitrogen and oxygen atoms in total. The van der Waals surface area contributed by atoms with Crippen LogP contribution in [0.15, 0.2) is 84.9 Å². The number of nitrogens with one attached hydrogen (secondary N) is 4. The number of benzene rings is 3. The Labute approximate surface area is 191 Å². The van der Waals surface area contributed by atoms with Gasteiger partial charge in [-0.2, -0.15) is 0 Å². The van der Waals surface area contributed by atoms with Gasteiger partial charge in [0.2, 0.25) is 0 Å².